The first kappa shape index (κ1) is 14.3. The zero-order valence-corrected chi connectivity index (χ0v) is 11.8. The van der Waals surface area contributed by atoms with Crippen molar-refractivity contribution >= 4 is 11.6 Å². The molecule has 2 unspecified atom stereocenters. The van der Waals surface area contributed by atoms with Crippen LogP contribution in [0.3, 0.4) is 0 Å². The molecule has 0 heterocycles. The third-order valence-corrected chi connectivity index (χ3v) is 3.62. The lowest BCUT2D eigenvalue weighted by atomic mass is 9.93. The molecule has 1 aromatic carbocycles. The summed E-state index contributed by atoms with van der Waals surface area (Å²) in [7, 11) is 3.71. The molecule has 0 saturated carbocycles. The molecule has 3 heteroatoms. The minimum Gasteiger partial charge on any atom is -0.496 e. The van der Waals surface area contributed by atoms with E-state index >= 15 is 0 Å². The van der Waals surface area contributed by atoms with Crippen LogP contribution < -0.4 is 10.1 Å². The minimum absolute atomic E-state index is 0.451. The average Bonchev–Trinajstić information content (AvgIpc) is 2.35. The number of hydrogen-bond acceptors (Lipinski definition) is 2. The van der Waals surface area contributed by atoms with Gasteiger partial charge in [-0.3, -0.25) is 0 Å². The van der Waals surface area contributed by atoms with Crippen LogP contribution in [0.4, 0.5) is 0 Å². The van der Waals surface area contributed by atoms with E-state index in [1.165, 1.54) is 5.56 Å². The second-order valence-corrected chi connectivity index (χ2v) is 4.88. The number of benzene rings is 1. The van der Waals surface area contributed by atoms with Crippen molar-refractivity contribution in [3.63, 3.8) is 0 Å². The van der Waals surface area contributed by atoms with E-state index in [1.807, 2.05) is 25.2 Å². The molecule has 0 bridgehead atoms. The fraction of sp³-hybridized carbons (Fsp3) is 0.571. The Labute approximate surface area is 109 Å². The first-order chi connectivity index (χ1) is 8.12. The Kier molecular flexibility index (Phi) is 5.79. The lowest BCUT2D eigenvalue weighted by molar-refractivity contribution is 0.372. The molecule has 2 atom stereocenters. The van der Waals surface area contributed by atoms with Crippen LogP contribution in [0, 0.1) is 5.92 Å². The summed E-state index contributed by atoms with van der Waals surface area (Å²) in [6.45, 7) is 4.47. The molecule has 0 aromatic heterocycles. The van der Waals surface area contributed by atoms with Gasteiger partial charge in [-0.05, 0) is 43.1 Å². The summed E-state index contributed by atoms with van der Waals surface area (Å²) in [6.07, 6.45) is 2.10. The lowest BCUT2D eigenvalue weighted by Crippen LogP contribution is -2.34. The fourth-order valence-electron chi connectivity index (χ4n) is 2.02. The van der Waals surface area contributed by atoms with Crippen LogP contribution in [0.1, 0.15) is 25.8 Å². The van der Waals surface area contributed by atoms with E-state index < -0.39 is 0 Å². The van der Waals surface area contributed by atoms with Gasteiger partial charge in [-0.1, -0.05) is 31.9 Å². The van der Waals surface area contributed by atoms with E-state index in [0.29, 0.717) is 12.0 Å². The Bertz CT molecular complexity index is 354. The maximum Gasteiger partial charge on any atom is 0.122 e. The van der Waals surface area contributed by atoms with Gasteiger partial charge in [0.05, 0.1) is 7.11 Å². The highest BCUT2D eigenvalue weighted by molar-refractivity contribution is 6.30. The van der Waals surface area contributed by atoms with Crippen molar-refractivity contribution in [3.05, 3.63) is 28.8 Å². The molecule has 0 spiro atoms. The maximum absolute atomic E-state index is 6.04. The Morgan fingerprint density at radius 1 is 1.41 bits per heavy atom. The predicted octanol–water partition coefficient (Wildman–Crippen LogP) is 3.53. The Morgan fingerprint density at radius 3 is 2.65 bits per heavy atom. The Hall–Kier alpha value is -0.730. The summed E-state index contributed by atoms with van der Waals surface area (Å²) >= 11 is 6.04. The van der Waals surface area contributed by atoms with Crippen molar-refractivity contribution < 1.29 is 4.74 Å². The van der Waals surface area contributed by atoms with Crippen molar-refractivity contribution in [1.82, 2.24) is 5.32 Å². The van der Waals surface area contributed by atoms with E-state index in [0.717, 1.165) is 23.6 Å². The van der Waals surface area contributed by atoms with Crippen molar-refractivity contribution in [1.29, 1.82) is 0 Å². The number of hydrogen-bond donors (Lipinski definition) is 1. The first-order valence-electron chi connectivity index (χ1n) is 6.12. The molecule has 0 aliphatic carbocycles. The summed E-state index contributed by atoms with van der Waals surface area (Å²) < 4.78 is 5.37. The lowest BCUT2D eigenvalue weighted by Gasteiger charge is -2.23. The Balaban J connectivity index is 2.88. The number of halogens is 1. The van der Waals surface area contributed by atoms with Gasteiger partial charge in [0.15, 0.2) is 0 Å². The van der Waals surface area contributed by atoms with Gasteiger partial charge in [-0.2, -0.15) is 0 Å². The van der Waals surface area contributed by atoms with Crippen molar-refractivity contribution in [2.45, 2.75) is 32.7 Å². The van der Waals surface area contributed by atoms with Crippen molar-refractivity contribution in [2.75, 3.05) is 14.2 Å². The SMILES string of the molecule is CCC(C)C(Cc1cc(Cl)ccc1OC)NC. The topological polar surface area (TPSA) is 21.3 Å². The molecule has 0 saturated heterocycles. The van der Waals surface area contributed by atoms with Crippen LogP contribution in [-0.4, -0.2) is 20.2 Å². The first-order valence-corrected chi connectivity index (χ1v) is 6.49. The number of nitrogens with one attached hydrogen (secondary N) is 1. The molecule has 0 fully saturated rings. The molecule has 2 nitrogen and oxygen atoms in total. The van der Waals surface area contributed by atoms with E-state index in [-0.39, 0.29) is 0 Å². The summed E-state index contributed by atoms with van der Waals surface area (Å²) in [6, 6.07) is 6.24. The predicted molar refractivity (Wildman–Crippen MR) is 74.0 cm³/mol. The van der Waals surface area contributed by atoms with Crippen LogP contribution >= 0.6 is 11.6 Å². The average molecular weight is 256 g/mol. The summed E-state index contributed by atoms with van der Waals surface area (Å²) in [5.74, 6) is 1.54. The van der Waals surface area contributed by atoms with Crippen molar-refractivity contribution in [3.8, 4) is 5.75 Å². The van der Waals surface area contributed by atoms with Gasteiger partial charge < -0.3 is 10.1 Å². The summed E-state index contributed by atoms with van der Waals surface area (Å²) in [5, 5.41) is 4.14. The van der Waals surface area contributed by atoms with Gasteiger partial charge in [-0.15, -0.1) is 0 Å². The van der Waals surface area contributed by atoms with Gasteiger partial charge in [0.1, 0.15) is 5.75 Å². The smallest absolute Gasteiger partial charge is 0.122 e. The Morgan fingerprint density at radius 2 is 2.12 bits per heavy atom. The van der Waals surface area contributed by atoms with Crippen LogP contribution in [0.2, 0.25) is 5.02 Å². The monoisotopic (exact) mass is 255 g/mol. The van der Waals surface area contributed by atoms with Gasteiger partial charge in [-0.25, -0.2) is 0 Å². The number of rotatable bonds is 6. The van der Waals surface area contributed by atoms with Gasteiger partial charge >= 0.3 is 0 Å². The molecule has 0 aliphatic rings. The second kappa shape index (κ2) is 6.87. The summed E-state index contributed by atoms with van der Waals surface area (Å²) in [4.78, 5) is 0. The number of ether oxygens (including phenoxy) is 1. The fourth-order valence-corrected chi connectivity index (χ4v) is 2.21. The highest BCUT2D eigenvalue weighted by Gasteiger charge is 2.16. The third kappa shape index (κ3) is 3.90. The molecule has 1 rings (SSSR count). The maximum atomic E-state index is 6.04. The highest BCUT2D eigenvalue weighted by atomic mass is 35.5. The quantitative estimate of drug-likeness (QED) is 0.840. The number of likely N-dealkylation sites (N-methyl/N-ethyl adjacent to an activating group) is 1. The molecular weight excluding hydrogens is 234 g/mol. The zero-order chi connectivity index (χ0) is 12.8. The highest BCUT2D eigenvalue weighted by Crippen LogP contribution is 2.25. The van der Waals surface area contributed by atoms with Crippen molar-refractivity contribution in [2.24, 2.45) is 5.92 Å². The molecule has 17 heavy (non-hydrogen) atoms. The van der Waals surface area contributed by atoms with E-state index in [4.69, 9.17) is 16.3 Å². The minimum atomic E-state index is 0.451. The summed E-state index contributed by atoms with van der Waals surface area (Å²) in [5.41, 5.74) is 1.17. The van der Waals surface area contributed by atoms with Gasteiger partial charge in [0.25, 0.3) is 0 Å². The van der Waals surface area contributed by atoms with Gasteiger partial charge in [0, 0.05) is 11.1 Å². The second-order valence-electron chi connectivity index (χ2n) is 4.44. The molecule has 1 N–H and O–H groups in total. The van der Waals surface area contributed by atoms with Crippen LogP contribution in [0.15, 0.2) is 18.2 Å². The molecule has 0 aliphatic heterocycles. The van der Waals surface area contributed by atoms with Gasteiger partial charge in [0.2, 0.25) is 0 Å². The molecule has 1 aromatic rings. The molecule has 96 valence electrons. The van der Waals surface area contributed by atoms with E-state index in [9.17, 15) is 0 Å². The van der Waals surface area contributed by atoms with E-state index in [2.05, 4.69) is 19.2 Å². The van der Waals surface area contributed by atoms with Crippen LogP contribution in [-0.2, 0) is 6.42 Å². The largest absolute Gasteiger partial charge is 0.496 e. The molecular formula is C14H22ClNO. The zero-order valence-electron chi connectivity index (χ0n) is 11.1. The normalized spacial score (nSPS) is 14.4. The standard InChI is InChI=1S/C14H22ClNO/c1-5-10(2)13(16-3)9-11-8-12(15)6-7-14(11)17-4/h6-8,10,13,16H,5,9H2,1-4H3. The van der Waals surface area contributed by atoms with Crippen LogP contribution in [0.25, 0.3) is 0 Å². The van der Waals surface area contributed by atoms with E-state index in [1.54, 1.807) is 7.11 Å². The number of methoxy groups -OCH3 is 1. The molecule has 0 radical (unpaired) electrons. The third-order valence-electron chi connectivity index (χ3n) is 3.38. The molecule has 0 amide bonds. The van der Waals surface area contributed by atoms with Crippen LogP contribution in [0.5, 0.6) is 5.75 Å².